The van der Waals surface area contributed by atoms with Crippen LogP contribution >= 0.6 is 47.2 Å². The third-order valence-electron chi connectivity index (χ3n) is 3.80. The Bertz CT molecular complexity index is 840. The number of guanidine groups is 1. The number of ether oxygens (including phenoxy) is 3. The van der Waals surface area contributed by atoms with Crippen molar-refractivity contribution in [2.75, 3.05) is 39.2 Å². The van der Waals surface area contributed by atoms with Crippen molar-refractivity contribution in [3.8, 4) is 17.2 Å². The molecule has 2 rings (SSSR count). The number of nitrogens with zero attached hydrogens (tertiary/aromatic N) is 1. The minimum atomic E-state index is -0.828. The van der Waals surface area contributed by atoms with E-state index in [-0.39, 0.29) is 37.1 Å². The van der Waals surface area contributed by atoms with Gasteiger partial charge in [-0.1, -0.05) is 29.3 Å². The fraction of sp³-hybridized carbons (Fsp3) is 0.350. The molecule has 1 unspecified atom stereocenters. The fourth-order valence-corrected chi connectivity index (χ4v) is 2.74. The summed E-state index contributed by atoms with van der Waals surface area (Å²) in [5.41, 5.74) is 0.763. The summed E-state index contributed by atoms with van der Waals surface area (Å²) in [4.78, 5) is 4.39. The minimum absolute atomic E-state index is 0. The molecule has 2 aromatic rings. The third-order valence-corrected chi connectivity index (χ3v) is 4.60. The summed E-state index contributed by atoms with van der Waals surface area (Å²) < 4.78 is 16.1. The average molecular weight is 570 g/mol. The molecule has 0 spiro atoms. The fourth-order valence-electron chi connectivity index (χ4n) is 2.39. The van der Waals surface area contributed by atoms with Crippen molar-refractivity contribution in [2.24, 2.45) is 4.99 Å². The van der Waals surface area contributed by atoms with E-state index in [1.165, 1.54) is 0 Å². The third kappa shape index (κ3) is 7.90. The molecule has 0 bridgehead atoms. The molecule has 1 atom stereocenters. The normalized spacial score (nSPS) is 11.9. The molecule has 0 saturated heterocycles. The standard InChI is InChI=1S/C20H25Cl2N3O4.HI/c1-4-23-20(25-13-8-9-16(27-2)18(10-13)28-3)24-11-14(26)12-29-17-7-5-6-15(21)19(17)22;/h5-10,14,26H,4,11-12H2,1-3H3,(H2,23,24,25);1H. The highest BCUT2D eigenvalue weighted by atomic mass is 127. The molecule has 0 aliphatic heterocycles. The molecule has 0 saturated carbocycles. The lowest BCUT2D eigenvalue weighted by Crippen LogP contribution is -2.32. The van der Waals surface area contributed by atoms with Crippen molar-refractivity contribution in [1.29, 1.82) is 0 Å². The van der Waals surface area contributed by atoms with Crippen molar-refractivity contribution in [2.45, 2.75) is 13.0 Å². The van der Waals surface area contributed by atoms with Crippen molar-refractivity contribution < 1.29 is 19.3 Å². The van der Waals surface area contributed by atoms with Gasteiger partial charge >= 0.3 is 0 Å². The first-order valence-corrected chi connectivity index (χ1v) is 9.76. The van der Waals surface area contributed by atoms with Gasteiger partial charge in [0.2, 0.25) is 0 Å². The van der Waals surface area contributed by atoms with E-state index in [0.29, 0.717) is 39.8 Å². The van der Waals surface area contributed by atoms with Crippen LogP contribution in [-0.4, -0.2) is 51.1 Å². The van der Waals surface area contributed by atoms with Gasteiger partial charge in [-0.15, -0.1) is 24.0 Å². The molecular weight excluding hydrogens is 544 g/mol. The first kappa shape index (κ1) is 26.4. The molecule has 0 fully saturated rings. The SMILES string of the molecule is CCNC(=NCC(O)COc1cccc(Cl)c1Cl)Nc1ccc(OC)c(OC)c1.I. The highest BCUT2D eigenvalue weighted by molar-refractivity contribution is 14.0. The Kier molecular flexibility index (Phi) is 12.0. The lowest BCUT2D eigenvalue weighted by Gasteiger charge is -2.15. The van der Waals surface area contributed by atoms with Crippen LogP contribution in [0.3, 0.4) is 0 Å². The van der Waals surface area contributed by atoms with Gasteiger partial charge in [-0.25, -0.2) is 0 Å². The van der Waals surface area contributed by atoms with Crippen LogP contribution in [0.2, 0.25) is 10.0 Å². The van der Waals surface area contributed by atoms with Gasteiger partial charge in [0, 0.05) is 18.3 Å². The van der Waals surface area contributed by atoms with Crippen LogP contribution in [0.4, 0.5) is 5.69 Å². The molecule has 30 heavy (non-hydrogen) atoms. The van der Waals surface area contributed by atoms with E-state index >= 15 is 0 Å². The second-order valence-electron chi connectivity index (χ2n) is 5.93. The van der Waals surface area contributed by atoms with E-state index in [1.807, 2.05) is 13.0 Å². The van der Waals surface area contributed by atoms with Crippen molar-refractivity contribution in [3.63, 3.8) is 0 Å². The van der Waals surface area contributed by atoms with Gasteiger partial charge in [0.1, 0.15) is 23.5 Å². The summed E-state index contributed by atoms with van der Waals surface area (Å²) in [7, 11) is 3.15. The molecule has 0 aromatic heterocycles. The van der Waals surface area contributed by atoms with E-state index < -0.39 is 6.10 Å². The Hall–Kier alpha value is -1.62. The number of anilines is 1. The van der Waals surface area contributed by atoms with Gasteiger partial charge in [0.25, 0.3) is 0 Å². The second-order valence-corrected chi connectivity index (χ2v) is 6.72. The molecule has 7 nitrogen and oxygen atoms in total. The molecule has 3 N–H and O–H groups in total. The lowest BCUT2D eigenvalue weighted by atomic mass is 10.2. The maximum atomic E-state index is 10.2. The van der Waals surface area contributed by atoms with Gasteiger partial charge in [0.05, 0.1) is 25.8 Å². The number of rotatable bonds is 9. The summed E-state index contributed by atoms with van der Waals surface area (Å²) in [6, 6.07) is 10.5. The van der Waals surface area contributed by atoms with E-state index in [2.05, 4.69) is 15.6 Å². The zero-order valence-corrected chi connectivity index (χ0v) is 20.8. The zero-order valence-electron chi connectivity index (χ0n) is 16.9. The van der Waals surface area contributed by atoms with Crippen LogP contribution < -0.4 is 24.8 Å². The molecule has 10 heteroatoms. The minimum Gasteiger partial charge on any atom is -0.493 e. The van der Waals surface area contributed by atoms with Crippen molar-refractivity contribution in [1.82, 2.24) is 5.32 Å². The van der Waals surface area contributed by atoms with Gasteiger partial charge in [-0.3, -0.25) is 4.99 Å². The average Bonchev–Trinajstić information content (AvgIpc) is 2.73. The Balaban J connectivity index is 0.00000450. The predicted molar refractivity (Wildman–Crippen MR) is 133 cm³/mol. The Morgan fingerprint density at radius 3 is 2.50 bits per heavy atom. The molecular formula is C20H26Cl2IN3O4. The summed E-state index contributed by atoms with van der Waals surface area (Å²) in [6.07, 6.45) is -0.828. The Morgan fingerprint density at radius 2 is 1.83 bits per heavy atom. The number of aliphatic hydroxyl groups is 1. The molecule has 0 amide bonds. The van der Waals surface area contributed by atoms with Crippen LogP contribution in [-0.2, 0) is 0 Å². The van der Waals surface area contributed by atoms with Crippen LogP contribution in [0.5, 0.6) is 17.2 Å². The molecule has 0 heterocycles. The summed E-state index contributed by atoms with van der Waals surface area (Å²) in [5.74, 6) is 2.16. The molecule has 2 aromatic carbocycles. The summed E-state index contributed by atoms with van der Waals surface area (Å²) >= 11 is 12.0. The first-order chi connectivity index (χ1) is 14.0. The number of aliphatic hydroxyl groups excluding tert-OH is 1. The van der Waals surface area contributed by atoms with E-state index in [0.717, 1.165) is 5.69 Å². The molecule has 0 radical (unpaired) electrons. The number of hydrogen-bond acceptors (Lipinski definition) is 5. The van der Waals surface area contributed by atoms with Gasteiger partial charge < -0.3 is 30.0 Å². The largest absolute Gasteiger partial charge is 0.493 e. The Morgan fingerprint density at radius 1 is 1.10 bits per heavy atom. The maximum absolute atomic E-state index is 10.2. The van der Waals surface area contributed by atoms with Crippen molar-refractivity contribution in [3.05, 3.63) is 46.4 Å². The maximum Gasteiger partial charge on any atom is 0.195 e. The number of hydrogen-bond donors (Lipinski definition) is 3. The van der Waals surface area contributed by atoms with E-state index in [1.54, 1.807) is 44.6 Å². The molecule has 0 aliphatic rings. The monoisotopic (exact) mass is 569 g/mol. The smallest absolute Gasteiger partial charge is 0.195 e. The second kappa shape index (κ2) is 13.6. The van der Waals surface area contributed by atoms with Crippen LogP contribution in [0.15, 0.2) is 41.4 Å². The highest BCUT2D eigenvalue weighted by Crippen LogP contribution is 2.31. The number of nitrogens with one attached hydrogen (secondary N) is 2. The topological polar surface area (TPSA) is 84.3 Å². The number of methoxy groups -OCH3 is 2. The van der Waals surface area contributed by atoms with Gasteiger partial charge in [-0.05, 0) is 31.2 Å². The zero-order chi connectivity index (χ0) is 21.2. The lowest BCUT2D eigenvalue weighted by molar-refractivity contribution is 0.114. The van der Waals surface area contributed by atoms with Crippen molar-refractivity contribution >= 4 is 58.8 Å². The van der Waals surface area contributed by atoms with E-state index in [4.69, 9.17) is 37.4 Å². The summed E-state index contributed by atoms with van der Waals surface area (Å²) in [6.45, 7) is 2.76. The van der Waals surface area contributed by atoms with E-state index in [9.17, 15) is 5.11 Å². The first-order valence-electron chi connectivity index (χ1n) is 9.00. The number of benzene rings is 2. The Labute approximate surface area is 203 Å². The summed E-state index contributed by atoms with van der Waals surface area (Å²) in [5, 5.41) is 17.2. The molecule has 0 aliphatic carbocycles. The van der Waals surface area contributed by atoms with Crippen LogP contribution in [0, 0.1) is 0 Å². The van der Waals surface area contributed by atoms with Crippen LogP contribution in [0.25, 0.3) is 0 Å². The highest BCUT2D eigenvalue weighted by Gasteiger charge is 2.10. The van der Waals surface area contributed by atoms with Crippen LogP contribution in [0.1, 0.15) is 6.92 Å². The van der Waals surface area contributed by atoms with Gasteiger partial charge in [-0.2, -0.15) is 0 Å². The predicted octanol–water partition coefficient (Wildman–Crippen LogP) is 4.45. The number of aliphatic imine (C=N–C) groups is 1. The molecule has 166 valence electrons. The quantitative estimate of drug-likeness (QED) is 0.235. The number of halogens is 3. The van der Waals surface area contributed by atoms with Gasteiger partial charge in [0.15, 0.2) is 17.5 Å².